The summed E-state index contributed by atoms with van der Waals surface area (Å²) >= 11 is 0. The minimum atomic E-state index is -2.96. The average Bonchev–Trinajstić information content (AvgIpc) is 2.62. The first-order valence-electron chi connectivity index (χ1n) is 8.66. The molecule has 3 rings (SSSR count). The lowest BCUT2D eigenvalue weighted by molar-refractivity contribution is -0.0512. The number of carbonyl (C=O) groups excluding carboxylic acids is 1. The summed E-state index contributed by atoms with van der Waals surface area (Å²) in [5.41, 5.74) is 0.698. The molecule has 0 unspecified atom stereocenters. The van der Waals surface area contributed by atoms with Gasteiger partial charge in [0.25, 0.3) is 5.91 Å². The summed E-state index contributed by atoms with van der Waals surface area (Å²) in [6, 6.07) is 4.42. The van der Waals surface area contributed by atoms with Gasteiger partial charge in [-0.2, -0.15) is 8.78 Å². The van der Waals surface area contributed by atoms with E-state index in [0.717, 1.165) is 38.8 Å². The van der Waals surface area contributed by atoms with Crippen LogP contribution in [0.15, 0.2) is 18.2 Å². The second-order valence-electron chi connectivity index (χ2n) is 6.79. The minimum absolute atomic E-state index is 0. The third-order valence-corrected chi connectivity index (χ3v) is 5.40. The quantitative estimate of drug-likeness (QED) is 0.856. The molecule has 0 aliphatic carbocycles. The van der Waals surface area contributed by atoms with Crippen molar-refractivity contribution in [1.82, 2.24) is 10.2 Å². The van der Waals surface area contributed by atoms with Gasteiger partial charge in [-0.15, -0.1) is 12.4 Å². The molecule has 8 heteroatoms. The van der Waals surface area contributed by atoms with Crippen LogP contribution < -0.4 is 14.8 Å². The zero-order chi connectivity index (χ0) is 17.9. The van der Waals surface area contributed by atoms with Gasteiger partial charge in [0.05, 0.1) is 7.11 Å². The van der Waals surface area contributed by atoms with Crippen LogP contribution in [0, 0.1) is 5.41 Å². The highest BCUT2D eigenvalue weighted by atomic mass is 35.5. The monoisotopic (exact) mass is 390 g/mol. The number of carbonyl (C=O) groups is 1. The molecule has 0 aromatic heterocycles. The smallest absolute Gasteiger partial charge is 0.387 e. The Hall–Kier alpha value is -1.60. The fourth-order valence-corrected chi connectivity index (χ4v) is 3.82. The van der Waals surface area contributed by atoms with Crippen molar-refractivity contribution in [3.8, 4) is 11.5 Å². The van der Waals surface area contributed by atoms with Crippen LogP contribution in [-0.4, -0.2) is 50.7 Å². The van der Waals surface area contributed by atoms with Crippen LogP contribution in [0.2, 0.25) is 0 Å². The molecule has 0 atom stereocenters. The predicted octanol–water partition coefficient (Wildman–Crippen LogP) is 3.32. The van der Waals surface area contributed by atoms with Gasteiger partial charge in [0.2, 0.25) is 0 Å². The topological polar surface area (TPSA) is 50.8 Å². The molecule has 2 heterocycles. The van der Waals surface area contributed by atoms with E-state index in [1.807, 2.05) is 0 Å². The van der Waals surface area contributed by atoms with E-state index in [2.05, 4.69) is 10.1 Å². The van der Waals surface area contributed by atoms with Gasteiger partial charge in [-0.05, 0) is 62.4 Å². The van der Waals surface area contributed by atoms with E-state index >= 15 is 0 Å². The molecule has 0 radical (unpaired) electrons. The number of nitrogens with one attached hydrogen (secondary N) is 1. The number of hydrogen-bond donors (Lipinski definition) is 1. The molecule has 2 aliphatic rings. The lowest BCUT2D eigenvalue weighted by Crippen LogP contribution is -2.47. The van der Waals surface area contributed by atoms with Crippen LogP contribution >= 0.6 is 12.4 Å². The molecule has 1 aromatic carbocycles. The maximum Gasteiger partial charge on any atom is 0.387 e. The number of halogens is 3. The first-order chi connectivity index (χ1) is 12.0. The zero-order valence-electron chi connectivity index (χ0n) is 14.8. The van der Waals surface area contributed by atoms with E-state index in [-0.39, 0.29) is 29.8 Å². The first-order valence-corrected chi connectivity index (χ1v) is 8.66. The highest BCUT2D eigenvalue weighted by Gasteiger charge is 2.36. The number of rotatable bonds is 4. The normalized spacial score (nSPS) is 19.2. The molecule has 1 aromatic rings. The number of alkyl halides is 2. The summed E-state index contributed by atoms with van der Waals surface area (Å²) in [4.78, 5) is 14.5. The van der Waals surface area contributed by atoms with Gasteiger partial charge in [0, 0.05) is 18.7 Å². The Balaban J connectivity index is 0.00000243. The number of amides is 1. The zero-order valence-corrected chi connectivity index (χ0v) is 15.6. The van der Waals surface area contributed by atoms with Crippen molar-refractivity contribution in [2.75, 3.05) is 33.3 Å². The second kappa shape index (κ2) is 8.86. The standard InChI is InChI=1S/C18H24F2N2O3.ClH/c1-24-14-3-2-13(12-15(14)25-17(19)20)16(23)22-10-6-18(7-11-22)4-8-21-9-5-18;/h2-3,12,17,21H,4-11H2,1H3;1H. The molecular formula is C18H25ClF2N2O3. The van der Waals surface area contributed by atoms with E-state index in [1.165, 1.54) is 19.2 Å². The number of ether oxygens (including phenoxy) is 2. The predicted molar refractivity (Wildman–Crippen MR) is 96.5 cm³/mol. The number of methoxy groups -OCH3 is 1. The Morgan fingerprint density at radius 2 is 1.81 bits per heavy atom. The number of likely N-dealkylation sites (tertiary alicyclic amines) is 1. The van der Waals surface area contributed by atoms with Crippen molar-refractivity contribution in [2.45, 2.75) is 32.3 Å². The van der Waals surface area contributed by atoms with E-state index in [4.69, 9.17) is 4.74 Å². The molecule has 26 heavy (non-hydrogen) atoms. The van der Waals surface area contributed by atoms with Crippen LogP contribution in [0.4, 0.5) is 8.78 Å². The third kappa shape index (κ3) is 4.57. The third-order valence-electron chi connectivity index (χ3n) is 5.40. The maximum atomic E-state index is 12.7. The van der Waals surface area contributed by atoms with Crippen molar-refractivity contribution >= 4 is 18.3 Å². The van der Waals surface area contributed by atoms with E-state index < -0.39 is 6.61 Å². The number of nitrogens with zero attached hydrogens (tertiary/aromatic N) is 1. The summed E-state index contributed by atoms with van der Waals surface area (Å²) in [6.07, 6.45) is 4.31. The minimum Gasteiger partial charge on any atom is -0.493 e. The molecule has 1 spiro atoms. The molecular weight excluding hydrogens is 366 g/mol. The summed E-state index contributed by atoms with van der Waals surface area (Å²) in [6.45, 7) is 0.529. The fraction of sp³-hybridized carbons (Fsp3) is 0.611. The molecule has 1 N–H and O–H groups in total. The Morgan fingerprint density at radius 3 is 2.38 bits per heavy atom. The highest BCUT2D eigenvalue weighted by Crippen LogP contribution is 2.40. The van der Waals surface area contributed by atoms with Crippen LogP contribution in [0.25, 0.3) is 0 Å². The van der Waals surface area contributed by atoms with E-state index in [1.54, 1.807) is 11.0 Å². The Labute approximate surface area is 158 Å². The Bertz CT molecular complexity index is 614. The van der Waals surface area contributed by atoms with Gasteiger partial charge in [-0.25, -0.2) is 0 Å². The SMILES string of the molecule is COc1ccc(C(=O)N2CCC3(CCNCC3)CC2)cc1OC(F)F.Cl. The van der Waals surface area contributed by atoms with Crippen molar-refractivity contribution in [3.63, 3.8) is 0 Å². The largest absolute Gasteiger partial charge is 0.493 e. The molecule has 2 saturated heterocycles. The molecule has 2 fully saturated rings. The van der Waals surface area contributed by atoms with E-state index in [0.29, 0.717) is 24.1 Å². The lowest BCUT2D eigenvalue weighted by atomic mass is 9.71. The molecule has 146 valence electrons. The number of hydrogen-bond acceptors (Lipinski definition) is 4. The summed E-state index contributed by atoms with van der Waals surface area (Å²) in [7, 11) is 1.37. The molecule has 1 amide bonds. The number of benzene rings is 1. The maximum absolute atomic E-state index is 12.7. The number of piperidine rings is 2. The van der Waals surface area contributed by atoms with Crippen molar-refractivity contribution in [3.05, 3.63) is 23.8 Å². The van der Waals surface area contributed by atoms with Gasteiger partial charge in [0.1, 0.15) is 0 Å². The summed E-state index contributed by atoms with van der Waals surface area (Å²) in [5, 5.41) is 3.38. The Morgan fingerprint density at radius 1 is 1.15 bits per heavy atom. The molecule has 0 bridgehead atoms. The average molecular weight is 391 g/mol. The Kier molecular flexibility index (Phi) is 7.06. The highest BCUT2D eigenvalue weighted by molar-refractivity contribution is 5.95. The molecule has 0 saturated carbocycles. The van der Waals surface area contributed by atoms with Gasteiger partial charge in [0.15, 0.2) is 11.5 Å². The first kappa shape index (κ1) is 20.7. The van der Waals surface area contributed by atoms with Crippen molar-refractivity contribution in [2.24, 2.45) is 5.41 Å². The van der Waals surface area contributed by atoms with Gasteiger partial charge >= 0.3 is 6.61 Å². The second-order valence-corrected chi connectivity index (χ2v) is 6.79. The van der Waals surface area contributed by atoms with Crippen molar-refractivity contribution < 1.29 is 23.0 Å². The van der Waals surface area contributed by atoms with Crippen LogP contribution in [0.3, 0.4) is 0 Å². The van der Waals surface area contributed by atoms with Gasteiger partial charge < -0.3 is 19.7 Å². The van der Waals surface area contributed by atoms with Crippen LogP contribution in [-0.2, 0) is 0 Å². The molecule has 2 aliphatic heterocycles. The van der Waals surface area contributed by atoms with Crippen LogP contribution in [0.5, 0.6) is 11.5 Å². The summed E-state index contributed by atoms with van der Waals surface area (Å²) < 4.78 is 34.6. The van der Waals surface area contributed by atoms with Gasteiger partial charge in [-0.3, -0.25) is 4.79 Å². The van der Waals surface area contributed by atoms with Gasteiger partial charge in [-0.1, -0.05) is 0 Å². The lowest BCUT2D eigenvalue weighted by Gasteiger charge is -2.44. The van der Waals surface area contributed by atoms with Crippen LogP contribution in [0.1, 0.15) is 36.0 Å². The van der Waals surface area contributed by atoms with Crippen molar-refractivity contribution in [1.29, 1.82) is 0 Å². The molecule has 5 nitrogen and oxygen atoms in total. The fourth-order valence-electron chi connectivity index (χ4n) is 3.82. The summed E-state index contributed by atoms with van der Waals surface area (Å²) in [5.74, 6) is -0.0788. The van der Waals surface area contributed by atoms with E-state index in [9.17, 15) is 13.6 Å².